The lowest BCUT2D eigenvalue weighted by molar-refractivity contribution is -0.124. The second kappa shape index (κ2) is 11.1. The van der Waals surface area contributed by atoms with Crippen LogP contribution in [-0.4, -0.2) is 37.0 Å². The molecule has 0 aromatic carbocycles. The van der Waals surface area contributed by atoms with Crippen molar-refractivity contribution in [2.24, 2.45) is 11.8 Å². The van der Waals surface area contributed by atoms with Gasteiger partial charge in [0, 0.05) is 18.5 Å². The second-order valence-electron chi connectivity index (χ2n) is 6.66. The zero-order valence-electron chi connectivity index (χ0n) is 14.5. The number of rotatable bonds is 5. The summed E-state index contributed by atoms with van der Waals surface area (Å²) in [5.74, 6) is 0.801. The van der Waals surface area contributed by atoms with Gasteiger partial charge in [-0.2, -0.15) is 0 Å². The molecule has 0 heterocycles. The first kappa shape index (κ1) is 19.4. The lowest BCUT2D eigenvalue weighted by Crippen LogP contribution is -2.32. The molecule has 1 N–H and O–H groups in total. The van der Waals surface area contributed by atoms with E-state index in [1.165, 1.54) is 38.6 Å². The zero-order valence-corrected chi connectivity index (χ0v) is 14.5. The minimum absolute atomic E-state index is 0.110. The zero-order chi connectivity index (χ0) is 15.5. The number of amides is 1. The van der Waals surface area contributed by atoms with Gasteiger partial charge in [-0.1, -0.05) is 53.9 Å². The van der Waals surface area contributed by atoms with Crippen LogP contribution in [0.15, 0.2) is 0 Å². The van der Waals surface area contributed by atoms with Gasteiger partial charge >= 0.3 is 0 Å². The van der Waals surface area contributed by atoms with Gasteiger partial charge in [0.1, 0.15) is 0 Å². The van der Waals surface area contributed by atoms with Gasteiger partial charge < -0.3 is 10.2 Å². The summed E-state index contributed by atoms with van der Waals surface area (Å²) in [5, 5.41) is 2.84. The fraction of sp³-hybridized carbons (Fsp3) is 0.941. The minimum Gasteiger partial charge on any atom is -0.356 e. The van der Waals surface area contributed by atoms with E-state index in [-0.39, 0.29) is 11.8 Å². The van der Waals surface area contributed by atoms with Gasteiger partial charge in [0.2, 0.25) is 5.91 Å². The van der Waals surface area contributed by atoms with E-state index < -0.39 is 0 Å². The number of carbonyl (C=O) groups excluding carboxylic acids is 1. The van der Waals surface area contributed by atoms with Crippen molar-refractivity contribution in [3.63, 3.8) is 0 Å². The van der Waals surface area contributed by atoms with E-state index in [0.717, 1.165) is 12.6 Å². The van der Waals surface area contributed by atoms with Crippen molar-refractivity contribution in [3.05, 3.63) is 0 Å². The normalized spacial score (nSPS) is 16.2. The molecule has 0 atom stereocenters. The van der Waals surface area contributed by atoms with E-state index in [2.05, 4.69) is 38.0 Å². The first-order chi connectivity index (χ1) is 9.38. The van der Waals surface area contributed by atoms with Gasteiger partial charge in [0.15, 0.2) is 0 Å². The van der Waals surface area contributed by atoms with E-state index >= 15 is 0 Å². The highest BCUT2D eigenvalue weighted by molar-refractivity contribution is 5.77. The minimum atomic E-state index is 0.110. The van der Waals surface area contributed by atoms with Crippen LogP contribution in [-0.2, 0) is 4.79 Å². The predicted molar refractivity (Wildman–Crippen MR) is 87.9 cm³/mol. The van der Waals surface area contributed by atoms with Crippen LogP contribution in [0.5, 0.6) is 0 Å². The summed E-state index contributed by atoms with van der Waals surface area (Å²) in [6.45, 7) is 12.2. The van der Waals surface area contributed by atoms with Crippen LogP contribution in [0, 0.1) is 11.8 Å². The van der Waals surface area contributed by atoms with Crippen LogP contribution in [0.3, 0.4) is 0 Å². The summed E-state index contributed by atoms with van der Waals surface area (Å²) in [6.07, 6.45) is 7.24. The van der Waals surface area contributed by atoms with E-state index in [0.29, 0.717) is 5.92 Å². The van der Waals surface area contributed by atoms with Crippen LogP contribution in [0.4, 0.5) is 0 Å². The Kier molecular flexibility index (Phi) is 10.8. The molecule has 0 aromatic rings. The van der Waals surface area contributed by atoms with Gasteiger partial charge in [-0.25, -0.2) is 0 Å². The first-order valence-electron chi connectivity index (χ1n) is 8.36. The van der Waals surface area contributed by atoms with Gasteiger partial charge in [-0.15, -0.1) is 0 Å². The van der Waals surface area contributed by atoms with E-state index in [4.69, 9.17) is 0 Å². The molecule has 3 heteroatoms. The van der Waals surface area contributed by atoms with Gasteiger partial charge in [0.25, 0.3) is 0 Å². The molecular weight excluding hydrogens is 248 g/mol. The van der Waals surface area contributed by atoms with Crippen molar-refractivity contribution >= 4 is 5.91 Å². The molecule has 1 aliphatic rings. The van der Waals surface area contributed by atoms with Crippen LogP contribution >= 0.6 is 0 Å². The Morgan fingerprint density at radius 1 is 1.15 bits per heavy atom. The van der Waals surface area contributed by atoms with Crippen molar-refractivity contribution in [1.82, 2.24) is 10.2 Å². The molecule has 0 unspecified atom stereocenters. The highest BCUT2D eigenvalue weighted by Gasteiger charge is 2.15. The number of nitrogens with one attached hydrogen (secondary N) is 1. The maximum Gasteiger partial charge on any atom is 0.222 e. The highest BCUT2D eigenvalue weighted by Crippen LogP contribution is 2.20. The first-order valence-corrected chi connectivity index (χ1v) is 8.36. The van der Waals surface area contributed by atoms with E-state index in [9.17, 15) is 4.79 Å². The van der Waals surface area contributed by atoms with E-state index in [1.54, 1.807) is 0 Å². The average Bonchev–Trinajstić information content (AvgIpc) is 2.45. The molecule has 0 bridgehead atoms. The number of carbonyl (C=O) groups is 1. The van der Waals surface area contributed by atoms with Crippen molar-refractivity contribution < 1.29 is 4.79 Å². The Labute approximate surface area is 126 Å². The average molecular weight is 284 g/mol. The van der Waals surface area contributed by atoms with E-state index in [1.807, 2.05) is 13.8 Å². The summed E-state index contributed by atoms with van der Waals surface area (Å²) in [7, 11) is 2.25. The predicted octanol–water partition coefficient (Wildman–Crippen LogP) is 3.69. The fourth-order valence-corrected chi connectivity index (χ4v) is 2.29. The molecule has 0 spiro atoms. The molecule has 0 radical (unpaired) electrons. The molecule has 1 amide bonds. The summed E-state index contributed by atoms with van der Waals surface area (Å²) in [4.78, 5) is 13.4. The van der Waals surface area contributed by atoms with Crippen molar-refractivity contribution in [1.29, 1.82) is 0 Å². The third kappa shape index (κ3) is 9.35. The Hall–Kier alpha value is -0.570. The van der Waals surface area contributed by atoms with Crippen LogP contribution in [0.25, 0.3) is 0 Å². The molecule has 1 aliphatic carbocycles. The molecule has 0 aromatic heterocycles. The standard InChI is InChI=1S/C9H19N.C8H17NO/c1-3-10(2)9-7-5-4-6-8-9;1-6(2)5-9-8(10)7(3)4/h9H,3-8H2,1-2H3;6-7H,5H2,1-4H3,(H,9,10). The number of hydrogen-bond donors (Lipinski definition) is 1. The fourth-order valence-electron chi connectivity index (χ4n) is 2.29. The van der Waals surface area contributed by atoms with Gasteiger partial charge in [-0.05, 0) is 32.4 Å². The van der Waals surface area contributed by atoms with Crippen LogP contribution < -0.4 is 5.32 Å². The molecule has 0 saturated heterocycles. The van der Waals surface area contributed by atoms with Crippen molar-refractivity contribution in [2.75, 3.05) is 20.1 Å². The van der Waals surface area contributed by atoms with Crippen molar-refractivity contribution in [2.45, 2.75) is 72.8 Å². The number of nitrogens with zero attached hydrogens (tertiary/aromatic N) is 1. The molecule has 3 nitrogen and oxygen atoms in total. The SMILES string of the molecule is CC(C)CNC(=O)C(C)C.CCN(C)C1CCCCC1. The van der Waals surface area contributed by atoms with Gasteiger partial charge in [0.05, 0.1) is 0 Å². The lowest BCUT2D eigenvalue weighted by Gasteiger charge is -2.29. The molecule has 1 saturated carbocycles. The third-order valence-corrected chi connectivity index (χ3v) is 3.91. The lowest BCUT2D eigenvalue weighted by atomic mass is 9.95. The monoisotopic (exact) mass is 284 g/mol. The quantitative estimate of drug-likeness (QED) is 0.835. The summed E-state index contributed by atoms with van der Waals surface area (Å²) >= 11 is 0. The topological polar surface area (TPSA) is 32.3 Å². The summed E-state index contributed by atoms with van der Waals surface area (Å²) in [6, 6.07) is 0.902. The maximum atomic E-state index is 10.9. The molecular formula is C17H36N2O. The summed E-state index contributed by atoms with van der Waals surface area (Å²) < 4.78 is 0. The highest BCUT2D eigenvalue weighted by atomic mass is 16.1. The van der Waals surface area contributed by atoms with Gasteiger partial charge in [-0.3, -0.25) is 4.79 Å². The second-order valence-corrected chi connectivity index (χ2v) is 6.66. The largest absolute Gasteiger partial charge is 0.356 e. The number of hydrogen-bond acceptors (Lipinski definition) is 2. The van der Waals surface area contributed by atoms with Crippen molar-refractivity contribution in [3.8, 4) is 0 Å². The maximum absolute atomic E-state index is 10.9. The Bertz CT molecular complexity index is 245. The van der Waals surface area contributed by atoms with Crippen LogP contribution in [0.1, 0.15) is 66.7 Å². The Morgan fingerprint density at radius 3 is 2.10 bits per heavy atom. The smallest absolute Gasteiger partial charge is 0.222 e. The molecule has 120 valence electrons. The molecule has 1 fully saturated rings. The Morgan fingerprint density at radius 2 is 1.70 bits per heavy atom. The third-order valence-electron chi connectivity index (χ3n) is 3.91. The molecule has 1 rings (SSSR count). The van der Waals surface area contributed by atoms with Crippen LogP contribution in [0.2, 0.25) is 0 Å². The molecule has 20 heavy (non-hydrogen) atoms. The molecule has 0 aliphatic heterocycles. The Balaban J connectivity index is 0.000000361. The summed E-state index contributed by atoms with van der Waals surface area (Å²) in [5.41, 5.74) is 0.